The predicted octanol–water partition coefficient (Wildman–Crippen LogP) is 1.92. The van der Waals surface area contributed by atoms with Crippen molar-refractivity contribution >= 4 is 0 Å². The molecule has 2 atom stereocenters. The molecule has 1 saturated heterocycles. The van der Waals surface area contributed by atoms with Gasteiger partial charge in [-0.15, -0.1) is 0 Å². The summed E-state index contributed by atoms with van der Waals surface area (Å²) in [6.07, 6.45) is 1.56. The van der Waals surface area contributed by atoms with Crippen molar-refractivity contribution in [1.82, 2.24) is 5.32 Å². The molecule has 3 heteroatoms. The fraction of sp³-hybridized carbons (Fsp3) is 0.500. The molecule has 1 aliphatic rings. The van der Waals surface area contributed by atoms with E-state index in [0.717, 1.165) is 24.9 Å². The third kappa shape index (κ3) is 2.19. The van der Waals surface area contributed by atoms with Gasteiger partial charge in [-0.25, -0.2) is 4.39 Å². The van der Waals surface area contributed by atoms with E-state index >= 15 is 0 Å². The number of rotatable bonds is 2. The summed E-state index contributed by atoms with van der Waals surface area (Å²) in [5.74, 6) is -0.217. The van der Waals surface area contributed by atoms with Crippen LogP contribution in [0.4, 0.5) is 4.39 Å². The Labute approximate surface area is 89.1 Å². The van der Waals surface area contributed by atoms with Crippen molar-refractivity contribution in [1.29, 1.82) is 0 Å². The zero-order valence-electron chi connectivity index (χ0n) is 8.83. The van der Waals surface area contributed by atoms with Gasteiger partial charge < -0.3 is 10.4 Å². The van der Waals surface area contributed by atoms with Crippen LogP contribution in [0.3, 0.4) is 0 Å². The molecule has 82 valence electrons. The molecule has 2 nitrogen and oxygen atoms in total. The number of nitrogens with one attached hydrogen (secondary N) is 1. The molecule has 0 spiro atoms. The maximum Gasteiger partial charge on any atom is 0.126 e. The molecule has 1 aliphatic heterocycles. The van der Waals surface area contributed by atoms with Gasteiger partial charge in [-0.3, -0.25) is 0 Å². The Hall–Kier alpha value is -0.930. The van der Waals surface area contributed by atoms with Crippen molar-refractivity contribution < 1.29 is 9.50 Å². The molecule has 0 bridgehead atoms. The molecule has 2 rings (SSSR count). The van der Waals surface area contributed by atoms with E-state index < -0.39 is 6.10 Å². The summed E-state index contributed by atoms with van der Waals surface area (Å²) in [5.41, 5.74) is 1.39. The highest BCUT2D eigenvalue weighted by molar-refractivity contribution is 5.26. The number of benzene rings is 1. The van der Waals surface area contributed by atoms with E-state index in [1.165, 1.54) is 6.07 Å². The number of aliphatic hydroxyl groups excluding tert-OH is 1. The first-order chi connectivity index (χ1) is 7.18. The molecule has 2 unspecified atom stereocenters. The van der Waals surface area contributed by atoms with Crippen LogP contribution in [0.25, 0.3) is 0 Å². The van der Waals surface area contributed by atoms with Crippen molar-refractivity contribution in [2.24, 2.45) is 0 Å². The summed E-state index contributed by atoms with van der Waals surface area (Å²) >= 11 is 0. The predicted molar refractivity (Wildman–Crippen MR) is 57.1 cm³/mol. The summed E-state index contributed by atoms with van der Waals surface area (Å²) in [6.45, 7) is 2.68. The first-order valence-electron chi connectivity index (χ1n) is 5.36. The second-order valence-corrected chi connectivity index (χ2v) is 4.16. The van der Waals surface area contributed by atoms with Gasteiger partial charge in [0, 0.05) is 6.04 Å². The van der Waals surface area contributed by atoms with E-state index in [1.54, 1.807) is 19.1 Å². The monoisotopic (exact) mass is 209 g/mol. The Morgan fingerprint density at radius 3 is 2.93 bits per heavy atom. The van der Waals surface area contributed by atoms with E-state index in [0.29, 0.717) is 5.56 Å². The van der Waals surface area contributed by atoms with Crippen LogP contribution in [0.1, 0.15) is 30.1 Å². The van der Waals surface area contributed by atoms with Crippen molar-refractivity contribution in [3.8, 4) is 0 Å². The lowest BCUT2D eigenvalue weighted by Crippen LogP contribution is -2.28. The lowest BCUT2D eigenvalue weighted by molar-refractivity contribution is 0.137. The summed E-state index contributed by atoms with van der Waals surface area (Å²) in [4.78, 5) is 0. The number of hydrogen-bond donors (Lipinski definition) is 2. The Kier molecular flexibility index (Phi) is 3.03. The molecule has 1 aromatic carbocycles. The van der Waals surface area contributed by atoms with Crippen LogP contribution in [0.5, 0.6) is 0 Å². The fourth-order valence-corrected chi connectivity index (χ4v) is 2.07. The molecule has 15 heavy (non-hydrogen) atoms. The van der Waals surface area contributed by atoms with Crippen LogP contribution in [0.2, 0.25) is 0 Å². The second kappa shape index (κ2) is 4.29. The van der Waals surface area contributed by atoms with Crippen molar-refractivity contribution in [3.05, 3.63) is 35.1 Å². The molecular weight excluding hydrogens is 193 g/mol. The molecule has 1 heterocycles. The van der Waals surface area contributed by atoms with Crippen LogP contribution in [-0.4, -0.2) is 17.7 Å². The molecule has 1 aromatic rings. The van der Waals surface area contributed by atoms with E-state index in [1.807, 2.05) is 0 Å². The minimum Gasteiger partial charge on any atom is -0.387 e. The van der Waals surface area contributed by atoms with Gasteiger partial charge in [-0.1, -0.05) is 12.1 Å². The smallest absolute Gasteiger partial charge is 0.126 e. The Balaban J connectivity index is 2.17. The molecule has 2 N–H and O–H groups in total. The lowest BCUT2D eigenvalue weighted by Gasteiger charge is -2.19. The molecule has 0 aromatic heterocycles. The average Bonchev–Trinajstić information content (AvgIpc) is 2.74. The zero-order valence-corrected chi connectivity index (χ0v) is 8.83. The summed E-state index contributed by atoms with van der Waals surface area (Å²) in [7, 11) is 0. The van der Waals surface area contributed by atoms with Gasteiger partial charge in [-0.2, -0.15) is 0 Å². The lowest BCUT2D eigenvalue weighted by atomic mass is 9.99. The molecule has 0 saturated carbocycles. The van der Waals surface area contributed by atoms with Crippen molar-refractivity contribution in [2.45, 2.75) is 31.9 Å². The topological polar surface area (TPSA) is 32.3 Å². The number of aliphatic hydroxyl groups is 1. The third-order valence-corrected chi connectivity index (χ3v) is 3.00. The van der Waals surface area contributed by atoms with Gasteiger partial charge in [0.2, 0.25) is 0 Å². The Morgan fingerprint density at radius 1 is 1.53 bits per heavy atom. The largest absolute Gasteiger partial charge is 0.387 e. The van der Waals surface area contributed by atoms with Crippen LogP contribution in [0.15, 0.2) is 18.2 Å². The highest BCUT2D eigenvalue weighted by Crippen LogP contribution is 2.24. The molecule has 1 fully saturated rings. The second-order valence-electron chi connectivity index (χ2n) is 4.16. The quantitative estimate of drug-likeness (QED) is 0.780. The average molecular weight is 209 g/mol. The van der Waals surface area contributed by atoms with Gasteiger partial charge in [0.05, 0.1) is 6.10 Å². The normalized spacial score (nSPS) is 23.0. The fourth-order valence-electron chi connectivity index (χ4n) is 2.07. The van der Waals surface area contributed by atoms with Gasteiger partial charge in [0.1, 0.15) is 5.82 Å². The molecule has 0 amide bonds. The first kappa shape index (κ1) is 10.6. The van der Waals surface area contributed by atoms with E-state index in [4.69, 9.17) is 0 Å². The summed E-state index contributed by atoms with van der Waals surface area (Å²) < 4.78 is 13.0. The van der Waals surface area contributed by atoms with Gasteiger partial charge in [-0.05, 0) is 43.5 Å². The van der Waals surface area contributed by atoms with Crippen LogP contribution < -0.4 is 5.32 Å². The first-order valence-corrected chi connectivity index (χ1v) is 5.36. The van der Waals surface area contributed by atoms with Gasteiger partial charge in [0.15, 0.2) is 0 Å². The van der Waals surface area contributed by atoms with Gasteiger partial charge >= 0.3 is 0 Å². The third-order valence-electron chi connectivity index (χ3n) is 3.00. The number of aryl methyl sites for hydroxylation is 1. The Morgan fingerprint density at radius 2 is 2.33 bits per heavy atom. The zero-order chi connectivity index (χ0) is 10.8. The van der Waals surface area contributed by atoms with Crippen molar-refractivity contribution in [3.63, 3.8) is 0 Å². The van der Waals surface area contributed by atoms with E-state index in [-0.39, 0.29) is 11.9 Å². The van der Waals surface area contributed by atoms with Crippen LogP contribution in [0, 0.1) is 12.7 Å². The van der Waals surface area contributed by atoms with Crippen LogP contribution in [-0.2, 0) is 0 Å². The van der Waals surface area contributed by atoms with Crippen LogP contribution >= 0.6 is 0 Å². The summed E-state index contributed by atoms with van der Waals surface area (Å²) in [6, 6.07) is 4.92. The minimum atomic E-state index is -0.521. The highest BCUT2D eigenvalue weighted by Gasteiger charge is 2.23. The number of halogens is 1. The highest BCUT2D eigenvalue weighted by atomic mass is 19.1. The maximum absolute atomic E-state index is 13.0. The van der Waals surface area contributed by atoms with Gasteiger partial charge in [0.25, 0.3) is 0 Å². The van der Waals surface area contributed by atoms with E-state index in [2.05, 4.69) is 5.32 Å². The molecular formula is C12H16FNO. The van der Waals surface area contributed by atoms with Crippen molar-refractivity contribution in [2.75, 3.05) is 6.54 Å². The summed E-state index contributed by atoms with van der Waals surface area (Å²) in [5, 5.41) is 13.3. The SMILES string of the molecule is Cc1cc(C(O)C2CCCN2)ccc1F. The molecule has 0 radical (unpaired) electrons. The Bertz CT molecular complexity index is 347. The molecule has 0 aliphatic carbocycles. The maximum atomic E-state index is 13.0. The van der Waals surface area contributed by atoms with E-state index in [9.17, 15) is 9.50 Å². The standard InChI is InChI=1S/C12H16FNO/c1-8-7-9(4-5-10(8)13)12(15)11-3-2-6-14-11/h4-5,7,11-12,14-15H,2-3,6H2,1H3. The number of hydrogen-bond acceptors (Lipinski definition) is 2. The minimum absolute atomic E-state index is 0.120.